The fourth-order valence-electron chi connectivity index (χ4n) is 3.81. The smallest absolute Gasteiger partial charge is 0.311 e. The Morgan fingerprint density at radius 2 is 2.17 bits per heavy atom. The molecule has 0 radical (unpaired) electrons. The van der Waals surface area contributed by atoms with Crippen molar-refractivity contribution in [1.82, 2.24) is 4.90 Å². The summed E-state index contributed by atoms with van der Waals surface area (Å²) in [6.07, 6.45) is 2.21. The fourth-order valence-corrected chi connectivity index (χ4v) is 3.81. The first kappa shape index (κ1) is 15.3. The summed E-state index contributed by atoms with van der Waals surface area (Å²) in [5.74, 6) is -1.30. The molecule has 1 saturated heterocycles. The van der Waals surface area contributed by atoms with E-state index >= 15 is 0 Å². The Hall–Kier alpha value is -2.64. The molecule has 122 valence electrons. The Morgan fingerprint density at radius 1 is 1.43 bits per heavy atom. The van der Waals surface area contributed by atoms with Gasteiger partial charge in [0.15, 0.2) is 0 Å². The first-order valence-electron chi connectivity index (χ1n) is 7.42. The number of carboxylic acid groups (broad SMARTS) is 1. The van der Waals surface area contributed by atoms with Gasteiger partial charge in [0.2, 0.25) is 0 Å². The van der Waals surface area contributed by atoms with E-state index in [0.717, 1.165) is 18.9 Å². The third-order valence-corrected chi connectivity index (χ3v) is 5.06. The molecule has 0 bridgehead atoms. The van der Waals surface area contributed by atoms with Gasteiger partial charge < -0.3 is 15.7 Å². The van der Waals surface area contributed by atoms with Crippen molar-refractivity contribution >= 4 is 23.3 Å². The van der Waals surface area contributed by atoms with Crippen LogP contribution in [-0.2, 0) is 4.79 Å². The predicted octanol–water partition coefficient (Wildman–Crippen LogP) is 1.50. The maximum atomic E-state index is 12.6. The van der Waals surface area contributed by atoms with Crippen LogP contribution in [0.3, 0.4) is 0 Å². The van der Waals surface area contributed by atoms with Gasteiger partial charge >= 0.3 is 5.97 Å². The molecule has 3 rings (SSSR count). The molecule has 2 fully saturated rings. The topological polar surface area (TPSA) is 127 Å². The number of anilines is 1. The third kappa shape index (κ3) is 2.30. The number of rotatable bonds is 3. The van der Waals surface area contributed by atoms with E-state index in [-0.39, 0.29) is 35.3 Å². The Kier molecular flexibility index (Phi) is 3.46. The maximum absolute atomic E-state index is 12.6. The molecule has 1 aromatic carbocycles. The summed E-state index contributed by atoms with van der Waals surface area (Å²) >= 11 is 0. The number of amides is 1. The Morgan fingerprint density at radius 3 is 2.78 bits per heavy atom. The first-order chi connectivity index (χ1) is 10.8. The predicted molar refractivity (Wildman–Crippen MR) is 80.8 cm³/mol. The Labute approximate surface area is 132 Å². The molecule has 1 aromatic rings. The summed E-state index contributed by atoms with van der Waals surface area (Å²) < 4.78 is 0. The third-order valence-electron chi connectivity index (χ3n) is 5.06. The van der Waals surface area contributed by atoms with Crippen LogP contribution in [0.25, 0.3) is 0 Å². The normalized spacial score (nSPS) is 26.1. The SMILES string of the molecule is Nc1ccc(C(=O)N2C[C@@H]3CCC[C@@]3(C(=O)O)C2)cc1[N+](=O)[O-]. The molecular weight excluding hydrogens is 302 g/mol. The molecule has 0 unspecified atom stereocenters. The average molecular weight is 319 g/mol. The standard InChI is InChI=1S/C15H17N3O5/c16-11-4-3-9(6-12(11)18(22)23)13(19)17-7-10-2-1-5-15(10,8-17)14(20)21/h3-4,6,10H,1-2,5,7-8,16H2,(H,20,21)/t10-,15+/m0/s1. The summed E-state index contributed by atoms with van der Waals surface area (Å²) in [4.78, 5) is 36.1. The average Bonchev–Trinajstić information content (AvgIpc) is 3.04. The minimum absolute atomic E-state index is 0.00755. The maximum Gasteiger partial charge on any atom is 0.311 e. The van der Waals surface area contributed by atoms with Gasteiger partial charge in [-0.15, -0.1) is 0 Å². The number of carbonyl (C=O) groups excluding carboxylic acids is 1. The van der Waals surface area contributed by atoms with Crippen molar-refractivity contribution in [3.05, 3.63) is 33.9 Å². The number of likely N-dealkylation sites (tertiary alicyclic amines) is 1. The van der Waals surface area contributed by atoms with Crippen molar-refractivity contribution in [2.45, 2.75) is 19.3 Å². The molecule has 1 aliphatic carbocycles. The molecule has 1 amide bonds. The number of nitro groups is 1. The van der Waals surface area contributed by atoms with Gasteiger partial charge in [-0.3, -0.25) is 19.7 Å². The van der Waals surface area contributed by atoms with Gasteiger partial charge in [-0.1, -0.05) is 6.42 Å². The molecule has 23 heavy (non-hydrogen) atoms. The minimum atomic E-state index is -0.866. The van der Waals surface area contributed by atoms with Gasteiger partial charge in [0.1, 0.15) is 5.69 Å². The van der Waals surface area contributed by atoms with E-state index in [2.05, 4.69) is 0 Å². The number of nitrogens with zero attached hydrogens (tertiary/aromatic N) is 2. The number of hydrogen-bond acceptors (Lipinski definition) is 5. The highest BCUT2D eigenvalue weighted by molar-refractivity contribution is 5.96. The summed E-state index contributed by atoms with van der Waals surface area (Å²) in [6.45, 7) is 0.535. The van der Waals surface area contributed by atoms with E-state index in [1.807, 2.05) is 0 Å². The number of nitrogens with two attached hydrogens (primary N) is 1. The van der Waals surface area contributed by atoms with E-state index in [1.165, 1.54) is 17.0 Å². The Bertz CT molecular complexity index is 704. The van der Waals surface area contributed by atoms with Crippen LogP contribution in [0.2, 0.25) is 0 Å². The van der Waals surface area contributed by atoms with E-state index in [4.69, 9.17) is 5.73 Å². The second-order valence-electron chi connectivity index (χ2n) is 6.27. The van der Waals surface area contributed by atoms with Crippen molar-refractivity contribution in [2.75, 3.05) is 18.8 Å². The quantitative estimate of drug-likeness (QED) is 0.494. The molecule has 0 spiro atoms. The van der Waals surface area contributed by atoms with Crippen LogP contribution in [0.15, 0.2) is 18.2 Å². The number of carboxylic acids is 1. The van der Waals surface area contributed by atoms with Crippen LogP contribution in [0.5, 0.6) is 0 Å². The lowest BCUT2D eigenvalue weighted by Crippen LogP contribution is -2.37. The van der Waals surface area contributed by atoms with E-state index in [1.54, 1.807) is 0 Å². The largest absolute Gasteiger partial charge is 0.481 e. The van der Waals surface area contributed by atoms with Gasteiger partial charge in [0.25, 0.3) is 11.6 Å². The zero-order chi connectivity index (χ0) is 16.8. The summed E-state index contributed by atoms with van der Waals surface area (Å²) in [5.41, 5.74) is 4.50. The lowest BCUT2D eigenvalue weighted by atomic mass is 9.81. The molecule has 8 nitrogen and oxygen atoms in total. The van der Waals surface area contributed by atoms with Crippen LogP contribution in [0.4, 0.5) is 11.4 Å². The van der Waals surface area contributed by atoms with Crippen LogP contribution in [-0.4, -0.2) is 39.9 Å². The Balaban J connectivity index is 1.87. The summed E-state index contributed by atoms with van der Waals surface area (Å²) in [7, 11) is 0. The highest BCUT2D eigenvalue weighted by Gasteiger charge is 2.55. The van der Waals surface area contributed by atoms with Gasteiger partial charge in [-0.05, 0) is 30.9 Å². The summed E-state index contributed by atoms with van der Waals surface area (Å²) in [6, 6.07) is 3.92. The van der Waals surface area contributed by atoms with Crippen molar-refractivity contribution < 1.29 is 19.6 Å². The van der Waals surface area contributed by atoms with Gasteiger partial charge in [-0.2, -0.15) is 0 Å². The fraction of sp³-hybridized carbons (Fsp3) is 0.467. The number of aliphatic carboxylic acids is 1. The monoisotopic (exact) mass is 319 g/mol. The number of hydrogen-bond donors (Lipinski definition) is 2. The lowest BCUT2D eigenvalue weighted by Gasteiger charge is -2.23. The zero-order valence-electron chi connectivity index (χ0n) is 12.4. The molecular formula is C15H17N3O5. The van der Waals surface area contributed by atoms with E-state index in [9.17, 15) is 24.8 Å². The molecule has 1 aliphatic heterocycles. The molecule has 3 N–H and O–H groups in total. The van der Waals surface area contributed by atoms with Crippen molar-refractivity contribution in [1.29, 1.82) is 0 Å². The second-order valence-corrected chi connectivity index (χ2v) is 6.27. The minimum Gasteiger partial charge on any atom is -0.481 e. The number of benzene rings is 1. The number of nitro benzene ring substituents is 1. The molecule has 1 saturated carbocycles. The molecule has 2 aliphatic rings. The summed E-state index contributed by atoms with van der Waals surface area (Å²) in [5, 5.41) is 20.5. The number of nitrogen functional groups attached to an aromatic ring is 1. The molecule has 0 aromatic heterocycles. The molecule has 1 heterocycles. The van der Waals surface area contributed by atoms with Gasteiger partial charge in [0, 0.05) is 24.7 Å². The van der Waals surface area contributed by atoms with Crippen molar-refractivity contribution in [3.8, 4) is 0 Å². The highest BCUT2D eigenvalue weighted by atomic mass is 16.6. The zero-order valence-corrected chi connectivity index (χ0v) is 12.4. The van der Waals surface area contributed by atoms with E-state index < -0.39 is 16.3 Å². The first-order valence-corrected chi connectivity index (χ1v) is 7.42. The van der Waals surface area contributed by atoms with Crippen LogP contribution in [0.1, 0.15) is 29.6 Å². The molecule has 8 heteroatoms. The molecule has 2 atom stereocenters. The van der Waals surface area contributed by atoms with E-state index in [0.29, 0.717) is 13.0 Å². The van der Waals surface area contributed by atoms with Gasteiger partial charge in [-0.25, -0.2) is 0 Å². The van der Waals surface area contributed by atoms with Crippen molar-refractivity contribution in [3.63, 3.8) is 0 Å². The highest BCUT2D eigenvalue weighted by Crippen LogP contribution is 2.49. The number of carbonyl (C=O) groups is 2. The number of fused-ring (bicyclic) bond motifs is 1. The van der Waals surface area contributed by atoms with Crippen LogP contribution >= 0.6 is 0 Å². The van der Waals surface area contributed by atoms with Gasteiger partial charge in [0.05, 0.1) is 10.3 Å². The van der Waals surface area contributed by atoms with Crippen molar-refractivity contribution in [2.24, 2.45) is 11.3 Å². The van der Waals surface area contributed by atoms with Crippen LogP contribution < -0.4 is 5.73 Å². The van der Waals surface area contributed by atoms with Crippen LogP contribution in [0, 0.1) is 21.4 Å². The second kappa shape index (κ2) is 5.22. The lowest BCUT2D eigenvalue weighted by molar-refractivity contribution is -0.383.